The number of anilines is 4. The number of nitrogens with zero attached hydrogens (tertiary/aromatic N) is 2. The Balaban J connectivity index is 1.64. The molecule has 2 radical (unpaired) electrons. The molecule has 4 aromatic carbocycles. The van der Waals surface area contributed by atoms with Crippen LogP contribution in [0.25, 0.3) is 11.1 Å². The summed E-state index contributed by atoms with van der Waals surface area (Å²) in [6.45, 7) is 3.57. The van der Waals surface area contributed by atoms with E-state index in [-0.39, 0.29) is 0 Å². The van der Waals surface area contributed by atoms with Crippen molar-refractivity contribution in [1.29, 1.82) is 0 Å². The Morgan fingerprint density at radius 3 is 1.67 bits per heavy atom. The number of fused-ring (bicyclic) bond motifs is 1. The molecule has 1 aliphatic rings. The molecule has 0 N–H and O–H groups in total. The fraction of sp³-hybridized carbons (Fsp3) is 0. The highest BCUT2D eigenvalue weighted by Gasteiger charge is 2.30. The van der Waals surface area contributed by atoms with E-state index in [9.17, 15) is 0 Å². The minimum Gasteiger partial charge on any atom is -0.308 e. The number of hydrogen-bond donors (Lipinski definition) is 0. The van der Waals surface area contributed by atoms with Gasteiger partial charge in [-0.2, -0.15) is 0 Å². The number of para-hydroxylation sites is 4. The van der Waals surface area contributed by atoms with Gasteiger partial charge in [-0.3, -0.25) is 0 Å². The average Bonchev–Trinajstić information content (AvgIpc) is 3.15. The molecule has 0 saturated heterocycles. The van der Waals surface area contributed by atoms with Gasteiger partial charge in [0.2, 0.25) is 6.67 Å². The van der Waals surface area contributed by atoms with E-state index in [4.69, 9.17) is 0 Å². The summed E-state index contributed by atoms with van der Waals surface area (Å²) >= 11 is 0. The minimum atomic E-state index is 1.10. The first kappa shape index (κ1) is 15.7. The van der Waals surface area contributed by atoms with Crippen LogP contribution in [0, 0.1) is 6.67 Å². The molecule has 0 atom stereocenters. The maximum absolute atomic E-state index is 3.57. The Morgan fingerprint density at radius 2 is 0.963 bits per heavy atom. The van der Waals surface area contributed by atoms with E-state index in [1.165, 1.54) is 11.1 Å². The Morgan fingerprint density at radius 1 is 0.444 bits per heavy atom. The van der Waals surface area contributed by atoms with Gasteiger partial charge >= 0.3 is 0 Å². The van der Waals surface area contributed by atoms with Crippen LogP contribution in [0.1, 0.15) is 0 Å². The number of rotatable bonds is 3. The summed E-state index contributed by atoms with van der Waals surface area (Å²) in [6.07, 6.45) is 0. The molecule has 128 valence electrons. The summed E-state index contributed by atoms with van der Waals surface area (Å²) in [6, 6.07) is 37.8. The third-order valence-electron chi connectivity index (χ3n) is 4.81. The quantitative estimate of drug-likeness (QED) is 0.410. The molecule has 1 aliphatic heterocycles. The van der Waals surface area contributed by atoms with Crippen LogP contribution in [0.15, 0.2) is 109 Å². The van der Waals surface area contributed by atoms with Crippen molar-refractivity contribution in [3.63, 3.8) is 0 Å². The highest BCUT2D eigenvalue weighted by molar-refractivity contribution is 5.93. The molecule has 0 fully saturated rings. The van der Waals surface area contributed by atoms with Crippen LogP contribution in [0.4, 0.5) is 22.7 Å². The third kappa shape index (κ3) is 2.76. The standard InChI is InChI=1S/C25H18N2/c1-3-11-20(12-4-1)22-15-7-8-16-23(22)27-19-26(21-13-5-2-6-14-21)24-17-9-10-18-25(24)27/h1-18H. The Kier molecular flexibility index (Phi) is 3.87. The van der Waals surface area contributed by atoms with Gasteiger partial charge in [0.1, 0.15) is 0 Å². The molecule has 0 aromatic heterocycles. The number of benzene rings is 4. The highest BCUT2D eigenvalue weighted by Crippen LogP contribution is 2.48. The van der Waals surface area contributed by atoms with Gasteiger partial charge in [0.05, 0.1) is 17.1 Å². The summed E-state index contributed by atoms with van der Waals surface area (Å²) in [5, 5.41) is 0. The molecule has 0 amide bonds. The maximum Gasteiger partial charge on any atom is 0.218 e. The van der Waals surface area contributed by atoms with E-state index in [0.29, 0.717) is 0 Å². The molecule has 2 heteroatoms. The first-order valence-electron chi connectivity index (χ1n) is 9.07. The monoisotopic (exact) mass is 346 g/mol. The van der Waals surface area contributed by atoms with Gasteiger partial charge in [-0.15, -0.1) is 0 Å². The Hall–Kier alpha value is -3.52. The van der Waals surface area contributed by atoms with Crippen LogP contribution in [0.5, 0.6) is 0 Å². The van der Waals surface area contributed by atoms with Crippen LogP contribution in [-0.4, -0.2) is 0 Å². The van der Waals surface area contributed by atoms with E-state index in [1.807, 2.05) is 12.1 Å². The molecule has 0 spiro atoms. The van der Waals surface area contributed by atoms with Gasteiger partial charge in [-0.05, 0) is 35.9 Å². The second kappa shape index (κ2) is 6.65. The fourth-order valence-corrected chi connectivity index (χ4v) is 3.54. The summed E-state index contributed by atoms with van der Waals surface area (Å²) in [7, 11) is 0. The second-order valence-corrected chi connectivity index (χ2v) is 6.48. The minimum absolute atomic E-state index is 1.10. The normalized spacial score (nSPS) is 12.9. The van der Waals surface area contributed by atoms with Gasteiger partial charge in [-0.25, -0.2) is 0 Å². The van der Waals surface area contributed by atoms with Gasteiger partial charge in [0.15, 0.2) is 0 Å². The lowest BCUT2D eigenvalue weighted by Crippen LogP contribution is -2.17. The lowest BCUT2D eigenvalue weighted by Gasteiger charge is -2.22. The van der Waals surface area contributed by atoms with E-state index < -0.39 is 0 Å². The van der Waals surface area contributed by atoms with Crippen molar-refractivity contribution in [3.8, 4) is 11.1 Å². The SMILES string of the molecule is [C]1N(c2ccccc2)c2ccccc2N1c1ccccc1-c1ccccc1. The van der Waals surface area contributed by atoms with Crippen molar-refractivity contribution >= 4 is 22.7 Å². The zero-order valence-electron chi connectivity index (χ0n) is 14.8. The summed E-state index contributed by atoms with van der Waals surface area (Å²) in [5.41, 5.74) is 6.87. The van der Waals surface area contributed by atoms with Crippen LogP contribution >= 0.6 is 0 Å². The molecule has 1 heterocycles. The van der Waals surface area contributed by atoms with Gasteiger partial charge in [0.25, 0.3) is 0 Å². The molecule has 5 rings (SSSR count). The highest BCUT2D eigenvalue weighted by atomic mass is 15.4. The van der Waals surface area contributed by atoms with Crippen molar-refractivity contribution in [3.05, 3.63) is 116 Å². The first-order chi connectivity index (χ1) is 13.4. The largest absolute Gasteiger partial charge is 0.308 e. The van der Waals surface area contributed by atoms with Crippen LogP contribution < -0.4 is 9.80 Å². The Bertz CT molecular complexity index is 1060. The molecular formula is C25H18N2. The van der Waals surface area contributed by atoms with Crippen molar-refractivity contribution in [2.24, 2.45) is 0 Å². The zero-order chi connectivity index (χ0) is 18.1. The van der Waals surface area contributed by atoms with E-state index in [0.717, 1.165) is 22.7 Å². The lowest BCUT2D eigenvalue weighted by molar-refractivity contribution is 1.13. The molecular weight excluding hydrogens is 328 g/mol. The smallest absolute Gasteiger partial charge is 0.218 e. The van der Waals surface area contributed by atoms with Gasteiger partial charge < -0.3 is 9.80 Å². The van der Waals surface area contributed by atoms with E-state index in [1.54, 1.807) is 0 Å². The molecule has 4 aromatic rings. The predicted octanol–water partition coefficient (Wildman–Crippen LogP) is 6.64. The summed E-state index contributed by atoms with van der Waals surface area (Å²) < 4.78 is 0. The van der Waals surface area contributed by atoms with Crippen molar-refractivity contribution in [2.45, 2.75) is 0 Å². The molecule has 0 saturated carbocycles. The molecule has 0 unspecified atom stereocenters. The zero-order valence-corrected chi connectivity index (χ0v) is 14.8. The lowest BCUT2D eigenvalue weighted by atomic mass is 10.0. The fourth-order valence-electron chi connectivity index (χ4n) is 3.54. The number of hydrogen-bond acceptors (Lipinski definition) is 2. The maximum atomic E-state index is 3.57. The van der Waals surface area contributed by atoms with E-state index >= 15 is 0 Å². The molecule has 0 bridgehead atoms. The van der Waals surface area contributed by atoms with Gasteiger partial charge in [-0.1, -0.05) is 78.9 Å². The second-order valence-electron chi connectivity index (χ2n) is 6.48. The van der Waals surface area contributed by atoms with E-state index in [2.05, 4.69) is 114 Å². The predicted molar refractivity (Wildman–Crippen MR) is 112 cm³/mol. The van der Waals surface area contributed by atoms with Crippen LogP contribution in [0.3, 0.4) is 0 Å². The third-order valence-corrected chi connectivity index (χ3v) is 4.81. The molecule has 0 aliphatic carbocycles. The average molecular weight is 346 g/mol. The summed E-state index contributed by atoms with van der Waals surface area (Å²) in [5.74, 6) is 0. The van der Waals surface area contributed by atoms with Crippen LogP contribution in [0.2, 0.25) is 0 Å². The topological polar surface area (TPSA) is 6.48 Å². The summed E-state index contributed by atoms with van der Waals surface area (Å²) in [4.78, 5) is 4.28. The molecule has 2 nitrogen and oxygen atoms in total. The first-order valence-corrected chi connectivity index (χ1v) is 9.07. The van der Waals surface area contributed by atoms with Crippen molar-refractivity contribution in [1.82, 2.24) is 0 Å². The van der Waals surface area contributed by atoms with Crippen LogP contribution in [-0.2, 0) is 0 Å². The van der Waals surface area contributed by atoms with Crippen molar-refractivity contribution in [2.75, 3.05) is 9.80 Å². The molecule has 27 heavy (non-hydrogen) atoms. The van der Waals surface area contributed by atoms with Gasteiger partial charge in [0, 0.05) is 11.3 Å². The Labute approximate surface area is 159 Å². The van der Waals surface area contributed by atoms with Crippen molar-refractivity contribution < 1.29 is 0 Å².